The first kappa shape index (κ1) is 15.8. The van der Waals surface area contributed by atoms with Crippen LogP contribution >= 0.6 is 0 Å². The molecule has 1 amide bonds. The third-order valence-electron chi connectivity index (χ3n) is 5.04. The lowest BCUT2D eigenvalue weighted by Gasteiger charge is -2.24. The molecular formula is C18H22N6O. The largest absolute Gasteiger partial charge is 0.338 e. The van der Waals surface area contributed by atoms with Gasteiger partial charge in [0.2, 0.25) is 5.91 Å². The van der Waals surface area contributed by atoms with E-state index in [0.29, 0.717) is 19.6 Å². The van der Waals surface area contributed by atoms with Crippen molar-refractivity contribution < 1.29 is 4.79 Å². The van der Waals surface area contributed by atoms with Gasteiger partial charge in [0, 0.05) is 31.0 Å². The summed E-state index contributed by atoms with van der Waals surface area (Å²) < 4.78 is 3.88. The van der Waals surface area contributed by atoms with Crippen LogP contribution in [0.4, 0.5) is 0 Å². The van der Waals surface area contributed by atoms with Gasteiger partial charge in [0.1, 0.15) is 6.54 Å². The Balaban J connectivity index is 1.52. The number of aromatic nitrogens is 4. The second-order valence-electron chi connectivity index (χ2n) is 6.78. The lowest BCUT2D eigenvalue weighted by molar-refractivity contribution is -0.130. The summed E-state index contributed by atoms with van der Waals surface area (Å²) in [5, 5.41) is 9.21. The normalized spacial score (nSPS) is 20.7. The molecule has 2 aromatic heterocycles. The minimum Gasteiger partial charge on any atom is -0.338 e. The number of amides is 1. The molecule has 3 heterocycles. The number of likely N-dealkylation sites (N-methyl/N-ethyl adjacent to an activating group) is 1. The Labute approximate surface area is 146 Å². The van der Waals surface area contributed by atoms with Gasteiger partial charge in [-0.2, -0.15) is 0 Å². The van der Waals surface area contributed by atoms with Gasteiger partial charge in [0.25, 0.3) is 0 Å². The summed E-state index contributed by atoms with van der Waals surface area (Å²) in [6.45, 7) is 1.72. The maximum absolute atomic E-state index is 12.9. The number of carbonyl (C=O) groups excluding carboxylic acids is 1. The quantitative estimate of drug-likeness (QED) is 0.718. The van der Waals surface area contributed by atoms with E-state index in [2.05, 4.69) is 21.3 Å². The van der Waals surface area contributed by atoms with Crippen LogP contribution in [0.25, 0.3) is 10.9 Å². The summed E-state index contributed by atoms with van der Waals surface area (Å²) in [5.41, 5.74) is 1.09. The minimum atomic E-state index is 0.128. The zero-order chi connectivity index (χ0) is 17.4. The fraction of sp³-hybridized carbons (Fsp3) is 0.389. The van der Waals surface area contributed by atoms with Gasteiger partial charge in [0.05, 0.1) is 18.3 Å². The Morgan fingerprint density at radius 2 is 2.04 bits per heavy atom. The molecule has 0 aliphatic carbocycles. The Bertz CT molecular complexity index is 869. The molecule has 0 bridgehead atoms. The third kappa shape index (κ3) is 2.91. The van der Waals surface area contributed by atoms with E-state index in [1.807, 2.05) is 64.9 Å². The topological polar surface area (TPSA) is 59.2 Å². The Hall–Kier alpha value is -2.67. The van der Waals surface area contributed by atoms with Gasteiger partial charge < -0.3 is 14.4 Å². The molecule has 1 fully saturated rings. The average Bonchev–Trinajstić information content (AvgIpc) is 3.34. The second kappa shape index (κ2) is 6.33. The van der Waals surface area contributed by atoms with Gasteiger partial charge in [-0.25, -0.2) is 4.68 Å². The summed E-state index contributed by atoms with van der Waals surface area (Å²) in [6.07, 6.45) is 5.54. The van der Waals surface area contributed by atoms with Crippen LogP contribution in [0, 0.1) is 0 Å². The van der Waals surface area contributed by atoms with Crippen molar-refractivity contribution in [2.24, 2.45) is 0 Å². The first-order valence-electron chi connectivity index (χ1n) is 8.47. The van der Waals surface area contributed by atoms with E-state index in [9.17, 15) is 4.79 Å². The zero-order valence-corrected chi connectivity index (χ0v) is 14.5. The lowest BCUT2D eigenvalue weighted by atomic mass is 10.1. The van der Waals surface area contributed by atoms with Crippen LogP contribution < -0.4 is 0 Å². The predicted octanol–water partition coefficient (Wildman–Crippen LogP) is 1.25. The molecule has 3 aromatic rings. The monoisotopic (exact) mass is 338 g/mol. The third-order valence-corrected chi connectivity index (χ3v) is 5.04. The molecule has 1 aliphatic rings. The SMILES string of the molecule is CN(C)[C@@H]1CN(C(=O)Cn2ccc3ccccc32)C[C@@H]1n1ccnn1. The number of hydrogen-bond donors (Lipinski definition) is 0. The summed E-state index contributed by atoms with van der Waals surface area (Å²) in [4.78, 5) is 17.0. The summed E-state index contributed by atoms with van der Waals surface area (Å²) in [5.74, 6) is 0.135. The molecule has 0 radical (unpaired) electrons. The van der Waals surface area contributed by atoms with Gasteiger partial charge in [0.15, 0.2) is 0 Å². The molecule has 1 aliphatic heterocycles. The second-order valence-corrected chi connectivity index (χ2v) is 6.78. The highest BCUT2D eigenvalue weighted by molar-refractivity contribution is 5.83. The Kier molecular flexibility index (Phi) is 4.01. The molecule has 7 heteroatoms. The lowest BCUT2D eigenvalue weighted by Crippen LogP contribution is -2.37. The molecule has 2 atom stereocenters. The maximum atomic E-state index is 12.9. The van der Waals surface area contributed by atoms with E-state index < -0.39 is 0 Å². The average molecular weight is 338 g/mol. The van der Waals surface area contributed by atoms with Crippen molar-refractivity contribution in [1.29, 1.82) is 0 Å². The fourth-order valence-electron chi connectivity index (χ4n) is 3.66. The van der Waals surface area contributed by atoms with Crippen LogP contribution in [0.5, 0.6) is 0 Å². The van der Waals surface area contributed by atoms with Crippen molar-refractivity contribution in [3.8, 4) is 0 Å². The van der Waals surface area contributed by atoms with Crippen LogP contribution in [-0.4, -0.2) is 68.5 Å². The number of carbonyl (C=O) groups is 1. The van der Waals surface area contributed by atoms with E-state index >= 15 is 0 Å². The Morgan fingerprint density at radius 3 is 2.80 bits per heavy atom. The van der Waals surface area contributed by atoms with Crippen molar-refractivity contribution in [2.75, 3.05) is 27.2 Å². The molecule has 1 aromatic carbocycles. The van der Waals surface area contributed by atoms with E-state index in [1.54, 1.807) is 6.20 Å². The molecule has 0 saturated carbocycles. The van der Waals surface area contributed by atoms with Crippen LogP contribution in [0.1, 0.15) is 6.04 Å². The molecule has 130 valence electrons. The molecule has 0 unspecified atom stereocenters. The van der Waals surface area contributed by atoms with Gasteiger partial charge in [-0.1, -0.05) is 23.4 Å². The van der Waals surface area contributed by atoms with Crippen molar-refractivity contribution in [2.45, 2.75) is 18.6 Å². The highest BCUT2D eigenvalue weighted by atomic mass is 16.2. The zero-order valence-electron chi connectivity index (χ0n) is 14.5. The van der Waals surface area contributed by atoms with Gasteiger partial charge in [-0.05, 0) is 31.6 Å². The van der Waals surface area contributed by atoms with E-state index in [0.717, 1.165) is 10.9 Å². The van der Waals surface area contributed by atoms with Crippen molar-refractivity contribution in [1.82, 2.24) is 29.4 Å². The molecule has 7 nitrogen and oxygen atoms in total. The highest BCUT2D eigenvalue weighted by Gasteiger charge is 2.38. The van der Waals surface area contributed by atoms with Gasteiger partial charge in [-0.15, -0.1) is 5.10 Å². The predicted molar refractivity (Wildman–Crippen MR) is 95.1 cm³/mol. The molecule has 0 N–H and O–H groups in total. The fourth-order valence-corrected chi connectivity index (χ4v) is 3.66. The van der Waals surface area contributed by atoms with Gasteiger partial charge in [-0.3, -0.25) is 4.79 Å². The maximum Gasteiger partial charge on any atom is 0.242 e. The number of likely N-dealkylation sites (tertiary alicyclic amines) is 1. The van der Waals surface area contributed by atoms with Gasteiger partial charge >= 0.3 is 0 Å². The van der Waals surface area contributed by atoms with Crippen molar-refractivity contribution >= 4 is 16.8 Å². The van der Waals surface area contributed by atoms with Crippen LogP contribution in [0.3, 0.4) is 0 Å². The van der Waals surface area contributed by atoms with Crippen LogP contribution in [0.15, 0.2) is 48.9 Å². The first-order chi connectivity index (χ1) is 12.1. The number of rotatable bonds is 4. The number of hydrogen-bond acceptors (Lipinski definition) is 4. The van der Waals surface area contributed by atoms with Crippen molar-refractivity contribution in [3.63, 3.8) is 0 Å². The van der Waals surface area contributed by atoms with E-state index in [-0.39, 0.29) is 18.0 Å². The van der Waals surface area contributed by atoms with Crippen LogP contribution in [0.2, 0.25) is 0 Å². The molecular weight excluding hydrogens is 316 g/mol. The number of nitrogens with zero attached hydrogens (tertiary/aromatic N) is 6. The van der Waals surface area contributed by atoms with Crippen LogP contribution in [-0.2, 0) is 11.3 Å². The molecule has 4 rings (SSSR count). The van der Waals surface area contributed by atoms with E-state index in [1.165, 1.54) is 0 Å². The number of para-hydroxylation sites is 1. The summed E-state index contributed by atoms with van der Waals surface area (Å²) in [7, 11) is 4.09. The molecule has 25 heavy (non-hydrogen) atoms. The minimum absolute atomic E-state index is 0.128. The first-order valence-corrected chi connectivity index (χ1v) is 8.47. The molecule has 1 saturated heterocycles. The van der Waals surface area contributed by atoms with Crippen molar-refractivity contribution in [3.05, 3.63) is 48.9 Å². The smallest absolute Gasteiger partial charge is 0.242 e. The van der Waals surface area contributed by atoms with E-state index in [4.69, 9.17) is 0 Å². The highest BCUT2D eigenvalue weighted by Crippen LogP contribution is 2.25. The number of fused-ring (bicyclic) bond motifs is 1. The molecule has 0 spiro atoms. The number of benzene rings is 1. The summed E-state index contributed by atoms with van der Waals surface area (Å²) >= 11 is 0. The standard InChI is InChI=1S/C18H22N6O/c1-21(2)16-11-23(12-17(16)24-10-8-19-20-24)18(25)13-22-9-7-14-5-3-4-6-15(14)22/h3-10,16-17H,11-13H2,1-2H3/t16-,17+/m1/s1. The summed E-state index contributed by atoms with van der Waals surface area (Å²) in [6, 6.07) is 10.5. The Morgan fingerprint density at radius 1 is 1.20 bits per heavy atom.